The molecule has 0 radical (unpaired) electrons. The number of alkyl halides is 3. The van der Waals surface area contributed by atoms with E-state index in [1.165, 1.54) is 57.6 Å². The first kappa shape index (κ1) is 71.3. The molecule has 0 spiro atoms. The van der Waals surface area contributed by atoms with Crippen LogP contribution in [0.2, 0.25) is 0 Å². The fraction of sp³-hybridized carbons (Fsp3) is 0.694. The number of piperidine rings is 4. The van der Waals surface area contributed by atoms with Crippen LogP contribution in [0.25, 0.3) is 0 Å². The average molecular weight is 1290 g/mol. The van der Waals surface area contributed by atoms with Crippen LogP contribution in [-0.4, -0.2) is 209 Å². The fourth-order valence-corrected chi connectivity index (χ4v) is 16.2. The summed E-state index contributed by atoms with van der Waals surface area (Å²) in [5, 5.41) is 48.2. The summed E-state index contributed by atoms with van der Waals surface area (Å²) in [5.74, 6) is -1.62. The van der Waals surface area contributed by atoms with E-state index in [1.807, 2.05) is 69.4 Å². The van der Waals surface area contributed by atoms with Gasteiger partial charge in [-0.1, -0.05) is 90.5 Å². The van der Waals surface area contributed by atoms with Gasteiger partial charge in [0.1, 0.15) is 40.7 Å². The molecule has 8 heterocycles. The van der Waals surface area contributed by atoms with E-state index in [1.54, 1.807) is 18.2 Å². The maximum atomic E-state index is 13.6. The van der Waals surface area contributed by atoms with Crippen molar-refractivity contribution in [2.75, 3.05) is 61.2 Å². The van der Waals surface area contributed by atoms with Gasteiger partial charge in [0, 0.05) is 48.3 Å². The van der Waals surface area contributed by atoms with Gasteiger partial charge in [0.05, 0.1) is 44.9 Å². The van der Waals surface area contributed by atoms with Crippen LogP contribution in [0.3, 0.4) is 0 Å². The van der Waals surface area contributed by atoms with Gasteiger partial charge < -0.3 is 64.1 Å². The number of rotatable bonds is 19. The van der Waals surface area contributed by atoms with Crippen molar-refractivity contribution < 1.29 is 76.8 Å². The molecule has 11 atom stereocenters. The molecule has 510 valence electrons. The smallest absolute Gasteiger partial charge is 0.390 e. The van der Waals surface area contributed by atoms with Crippen molar-refractivity contribution in [3.05, 3.63) is 107 Å². The monoisotopic (exact) mass is 1290 g/mol. The Bertz CT molecular complexity index is 2870. The van der Waals surface area contributed by atoms with Crippen LogP contribution in [-0.2, 0) is 55.4 Å². The summed E-state index contributed by atoms with van der Waals surface area (Å²) in [7, 11) is 8.53. The number of carbonyl (C=O) groups is 4. The molecule has 1 saturated carbocycles. The number of benzene rings is 3. The number of ether oxygens (including phenoxy) is 4. The van der Waals surface area contributed by atoms with Crippen LogP contribution in [0.5, 0.6) is 0 Å². The Balaban J connectivity index is 0.000000148. The average Bonchev–Trinajstić information content (AvgIpc) is 1.21. The van der Waals surface area contributed by atoms with E-state index in [0.29, 0.717) is 73.5 Å². The summed E-state index contributed by atoms with van der Waals surface area (Å²) < 4.78 is 62.6. The second-order valence-corrected chi connectivity index (χ2v) is 29.1. The molecule has 0 aromatic heterocycles. The lowest BCUT2D eigenvalue weighted by Gasteiger charge is -2.38. The first-order chi connectivity index (χ1) is 43.8. The SMILES string of the molecule is CN1C2CCC1CC(OC(=O)C(C)(CO)C1CC1)C2.CN1C2CCC1CC(OC(=O)C(C)(CO)CO)C2.CN1C2CCC1CC(OC(=O)C(CO)(CC(F)(F)F)c1ccccc1)C2.Cc1cccc(CC(CO)(C(=O)OC2CC3CCC(C2)N3C)c2ccccc2)c1. The number of fused-ring (bicyclic) bond motifs is 8. The van der Waals surface area contributed by atoms with Crippen molar-refractivity contribution in [2.45, 2.75) is 239 Å². The molecule has 8 bridgehead atoms. The van der Waals surface area contributed by atoms with Gasteiger partial charge in [-0.15, -0.1) is 0 Å². The standard InChI is InChI=1S/C25H31NO3.C19H24F3NO3.C15H25NO3.C13H23NO4/c1-18-7-6-8-19(13-18)16-25(17-27,20-9-4-3-5-10-20)24(28)29-23-14-21-11-12-22(15-23)26(21)2;1-23-14-7-8-15(23)10-16(9-14)26-17(25)18(12-24,11-19(20,21)22)13-5-3-2-4-6-13;1-15(9-17,10-3-4-10)14(18)19-13-7-11-5-6-12(8-13)16(11)2;1-13(7-15,8-16)12(17)18-11-5-9-3-4-10(6-11)14(9)2/h3-10,13,21-23,27H,11-12,14-17H2,1-2H3;2-6,14-16,24H,7-12H2,1H3;10-13,17H,3-9H2,1-2H3;9-11,15-16H,3-8H2,1-2H3. The molecule has 92 heavy (non-hydrogen) atoms. The number of halogens is 3. The van der Waals surface area contributed by atoms with Gasteiger partial charge in [0.25, 0.3) is 0 Å². The number of hydrogen-bond donors (Lipinski definition) is 5. The predicted octanol–water partition coefficient (Wildman–Crippen LogP) is 8.38. The number of hydrogen-bond acceptors (Lipinski definition) is 17. The first-order valence-corrected chi connectivity index (χ1v) is 33.8. The summed E-state index contributed by atoms with van der Waals surface area (Å²) in [4.78, 5) is 60.3. The molecule has 9 fully saturated rings. The molecule has 17 nitrogen and oxygen atoms in total. The Hall–Kier alpha value is -5.03. The van der Waals surface area contributed by atoms with Crippen molar-refractivity contribution in [1.29, 1.82) is 0 Å². The molecular formula is C72H103F3N4O13. The van der Waals surface area contributed by atoms with Gasteiger partial charge in [-0.3, -0.25) is 19.2 Å². The number of aliphatic hydroxyl groups excluding tert-OH is 5. The van der Waals surface area contributed by atoms with Crippen LogP contribution in [0.1, 0.15) is 158 Å². The molecule has 9 aliphatic rings. The highest BCUT2D eigenvalue weighted by Crippen LogP contribution is 2.48. The number of esters is 4. The van der Waals surface area contributed by atoms with E-state index in [9.17, 15) is 57.9 Å². The van der Waals surface area contributed by atoms with Crippen molar-refractivity contribution in [3.8, 4) is 0 Å². The molecule has 8 aliphatic heterocycles. The molecule has 20 heteroatoms. The largest absolute Gasteiger partial charge is 0.462 e. The van der Waals surface area contributed by atoms with E-state index in [2.05, 4.69) is 46.8 Å². The Kier molecular flexibility index (Phi) is 23.5. The molecule has 5 N–H and O–H groups in total. The Labute approximate surface area is 542 Å². The maximum Gasteiger partial charge on any atom is 0.390 e. The third-order valence-corrected chi connectivity index (χ3v) is 22.8. The third-order valence-electron chi connectivity index (χ3n) is 22.8. The lowest BCUT2D eigenvalue weighted by Crippen LogP contribution is -2.49. The van der Waals surface area contributed by atoms with Gasteiger partial charge in [-0.2, -0.15) is 13.2 Å². The van der Waals surface area contributed by atoms with Crippen LogP contribution in [0.4, 0.5) is 13.2 Å². The van der Waals surface area contributed by atoms with Crippen LogP contribution in [0.15, 0.2) is 84.9 Å². The van der Waals surface area contributed by atoms with Gasteiger partial charge in [0.15, 0.2) is 0 Å². The molecule has 3 aromatic carbocycles. The number of carbonyl (C=O) groups excluding carboxylic acids is 4. The lowest BCUT2D eigenvalue weighted by atomic mass is 9.76. The normalized spacial score (nSPS) is 30.5. The van der Waals surface area contributed by atoms with Gasteiger partial charge in [-0.05, 0) is 194 Å². The number of aliphatic hydroxyl groups is 5. The van der Waals surface area contributed by atoms with E-state index >= 15 is 0 Å². The minimum Gasteiger partial charge on any atom is -0.462 e. The zero-order chi connectivity index (χ0) is 66.3. The van der Waals surface area contributed by atoms with Crippen molar-refractivity contribution >= 4 is 23.9 Å². The second kappa shape index (κ2) is 30.4. The summed E-state index contributed by atoms with van der Waals surface area (Å²) in [6, 6.07) is 29.2. The van der Waals surface area contributed by atoms with Gasteiger partial charge >= 0.3 is 30.1 Å². The first-order valence-electron chi connectivity index (χ1n) is 33.8. The van der Waals surface area contributed by atoms with E-state index in [-0.39, 0.29) is 62.2 Å². The molecule has 12 rings (SSSR count). The Morgan fingerprint density at radius 1 is 0.435 bits per heavy atom. The topological polar surface area (TPSA) is 219 Å². The molecule has 0 amide bonds. The van der Waals surface area contributed by atoms with Gasteiger partial charge in [-0.25, -0.2) is 0 Å². The highest BCUT2D eigenvalue weighted by molar-refractivity contribution is 5.85. The van der Waals surface area contributed by atoms with E-state index < -0.39 is 58.9 Å². The zero-order valence-corrected chi connectivity index (χ0v) is 55.2. The highest BCUT2D eigenvalue weighted by atomic mass is 19.4. The van der Waals surface area contributed by atoms with Gasteiger partial charge in [0.2, 0.25) is 0 Å². The zero-order valence-electron chi connectivity index (χ0n) is 55.2. The summed E-state index contributed by atoms with van der Waals surface area (Å²) in [6.45, 7) is 3.34. The highest BCUT2D eigenvalue weighted by Gasteiger charge is 2.53. The van der Waals surface area contributed by atoms with E-state index in [4.69, 9.17) is 18.9 Å². The predicted molar refractivity (Wildman–Crippen MR) is 341 cm³/mol. The molecule has 1 aliphatic carbocycles. The Morgan fingerprint density at radius 2 is 0.772 bits per heavy atom. The second-order valence-electron chi connectivity index (χ2n) is 29.1. The van der Waals surface area contributed by atoms with Crippen LogP contribution in [0, 0.1) is 23.7 Å². The minimum atomic E-state index is -4.61. The quantitative estimate of drug-likeness (QED) is 0.0562. The molecule has 8 saturated heterocycles. The summed E-state index contributed by atoms with van der Waals surface area (Å²) in [6.07, 6.45) is 11.9. The maximum absolute atomic E-state index is 13.6. The summed E-state index contributed by atoms with van der Waals surface area (Å²) >= 11 is 0. The Morgan fingerprint density at radius 3 is 1.09 bits per heavy atom. The minimum absolute atomic E-state index is 0.0609. The molecule has 3 aromatic rings. The van der Waals surface area contributed by atoms with Crippen LogP contribution >= 0.6 is 0 Å². The third kappa shape index (κ3) is 16.3. The van der Waals surface area contributed by atoms with Crippen LogP contribution < -0.4 is 0 Å². The van der Waals surface area contributed by atoms with Crippen molar-refractivity contribution in [1.82, 2.24) is 19.6 Å². The van der Waals surface area contributed by atoms with Crippen molar-refractivity contribution in [3.63, 3.8) is 0 Å². The number of nitrogens with zero attached hydrogens (tertiary/aromatic N) is 4. The lowest BCUT2D eigenvalue weighted by molar-refractivity contribution is -0.181. The summed E-state index contributed by atoms with van der Waals surface area (Å²) in [5.41, 5.74) is -1.94. The molecule has 11 unspecified atom stereocenters. The van der Waals surface area contributed by atoms with Crippen molar-refractivity contribution in [2.24, 2.45) is 16.7 Å². The molecular weight excluding hydrogens is 1190 g/mol. The number of aryl methyl sites for hydroxylation is 1. The van der Waals surface area contributed by atoms with E-state index in [0.717, 1.165) is 80.9 Å². The fourth-order valence-electron chi connectivity index (χ4n) is 16.2.